The predicted octanol–water partition coefficient (Wildman–Crippen LogP) is 2.89. The molecule has 0 amide bonds. The third kappa shape index (κ3) is 3.53. The van der Waals surface area contributed by atoms with Crippen LogP contribution in [0.1, 0.15) is 38.8 Å². The molecule has 0 bridgehead atoms. The van der Waals surface area contributed by atoms with Crippen LogP contribution in [0.15, 0.2) is 24.3 Å². The maximum atomic E-state index is 3.28. The maximum absolute atomic E-state index is 3.28. The van der Waals surface area contributed by atoms with E-state index in [1.807, 2.05) is 7.05 Å². The third-order valence-corrected chi connectivity index (χ3v) is 4.72. The summed E-state index contributed by atoms with van der Waals surface area (Å²) >= 11 is 0. The number of hydrogen-bond acceptors (Lipinski definition) is 3. The predicted molar refractivity (Wildman–Crippen MR) is 87.5 cm³/mol. The minimum absolute atomic E-state index is 0.423. The number of hydrogen-bond donors (Lipinski definition) is 1. The molecule has 3 nitrogen and oxygen atoms in total. The molecule has 1 aliphatic rings. The van der Waals surface area contributed by atoms with E-state index in [9.17, 15) is 0 Å². The van der Waals surface area contributed by atoms with E-state index in [0.717, 1.165) is 19.1 Å². The Hall–Kier alpha value is -1.06. The van der Waals surface area contributed by atoms with Gasteiger partial charge in [0.15, 0.2) is 0 Å². The summed E-state index contributed by atoms with van der Waals surface area (Å²) in [4.78, 5) is 5.11. The molecular formula is C17H29N3. The molecule has 0 aliphatic carbocycles. The molecule has 2 rings (SSSR count). The fourth-order valence-electron chi connectivity index (χ4n) is 2.82. The fraction of sp³-hybridized carbons (Fsp3) is 0.647. The number of rotatable bonds is 5. The molecular weight excluding hydrogens is 246 g/mol. The van der Waals surface area contributed by atoms with E-state index in [1.54, 1.807) is 0 Å². The van der Waals surface area contributed by atoms with Crippen LogP contribution in [0.4, 0.5) is 5.69 Å². The van der Waals surface area contributed by atoms with Gasteiger partial charge in [0.25, 0.3) is 0 Å². The molecule has 1 fully saturated rings. The van der Waals surface area contributed by atoms with Gasteiger partial charge < -0.3 is 10.2 Å². The van der Waals surface area contributed by atoms with Gasteiger partial charge in [-0.05, 0) is 45.0 Å². The molecule has 1 aromatic carbocycles. The normalized spacial score (nSPS) is 19.9. The van der Waals surface area contributed by atoms with Crippen molar-refractivity contribution in [1.82, 2.24) is 10.2 Å². The second-order valence-electron chi connectivity index (χ2n) is 5.88. The summed E-state index contributed by atoms with van der Waals surface area (Å²) in [5.41, 5.74) is 2.72. The SMILES string of the molecule is CCC(C)N1CCN(c2ccc(C(C)NC)cc2)CC1. The molecule has 0 spiro atoms. The van der Waals surface area contributed by atoms with Crippen LogP contribution in [0.25, 0.3) is 0 Å². The molecule has 2 atom stereocenters. The van der Waals surface area contributed by atoms with Gasteiger partial charge in [-0.25, -0.2) is 0 Å². The first kappa shape index (κ1) is 15.3. The molecule has 1 N–H and O–H groups in total. The van der Waals surface area contributed by atoms with Crippen LogP contribution in [-0.2, 0) is 0 Å². The van der Waals surface area contributed by atoms with Gasteiger partial charge in [-0.3, -0.25) is 4.90 Å². The van der Waals surface area contributed by atoms with E-state index in [-0.39, 0.29) is 0 Å². The zero-order chi connectivity index (χ0) is 14.5. The lowest BCUT2D eigenvalue weighted by atomic mass is 10.1. The van der Waals surface area contributed by atoms with E-state index >= 15 is 0 Å². The van der Waals surface area contributed by atoms with Crippen LogP contribution in [-0.4, -0.2) is 44.2 Å². The molecule has 0 radical (unpaired) electrons. The highest BCUT2D eigenvalue weighted by Gasteiger charge is 2.20. The Morgan fingerprint density at radius 3 is 2.15 bits per heavy atom. The molecule has 0 aromatic heterocycles. The summed E-state index contributed by atoms with van der Waals surface area (Å²) in [5, 5.41) is 3.28. The van der Waals surface area contributed by atoms with Crippen LogP contribution in [0, 0.1) is 0 Å². The monoisotopic (exact) mass is 275 g/mol. The Bertz CT molecular complexity index is 393. The number of nitrogens with one attached hydrogen (secondary N) is 1. The second-order valence-corrected chi connectivity index (χ2v) is 5.88. The van der Waals surface area contributed by atoms with Crippen molar-refractivity contribution in [3.05, 3.63) is 29.8 Å². The highest BCUT2D eigenvalue weighted by atomic mass is 15.3. The number of nitrogens with zero attached hydrogens (tertiary/aromatic N) is 2. The summed E-state index contributed by atoms with van der Waals surface area (Å²) in [5.74, 6) is 0. The van der Waals surface area contributed by atoms with Gasteiger partial charge in [0, 0.05) is 44.0 Å². The van der Waals surface area contributed by atoms with E-state index in [2.05, 4.69) is 60.2 Å². The number of anilines is 1. The fourth-order valence-corrected chi connectivity index (χ4v) is 2.82. The maximum Gasteiger partial charge on any atom is 0.0367 e. The van der Waals surface area contributed by atoms with Crippen molar-refractivity contribution in [3.63, 3.8) is 0 Å². The Morgan fingerprint density at radius 2 is 1.65 bits per heavy atom. The van der Waals surface area contributed by atoms with Crippen molar-refractivity contribution in [2.75, 3.05) is 38.1 Å². The molecule has 20 heavy (non-hydrogen) atoms. The van der Waals surface area contributed by atoms with Gasteiger partial charge >= 0.3 is 0 Å². The van der Waals surface area contributed by atoms with Crippen LogP contribution < -0.4 is 10.2 Å². The van der Waals surface area contributed by atoms with E-state index in [1.165, 1.54) is 30.8 Å². The van der Waals surface area contributed by atoms with Crippen molar-refractivity contribution in [1.29, 1.82) is 0 Å². The molecule has 3 heteroatoms. The Kier molecular flexibility index (Phi) is 5.44. The zero-order valence-electron chi connectivity index (χ0n) is 13.4. The van der Waals surface area contributed by atoms with Crippen LogP contribution >= 0.6 is 0 Å². The lowest BCUT2D eigenvalue weighted by molar-refractivity contribution is 0.193. The average molecular weight is 275 g/mol. The van der Waals surface area contributed by atoms with Crippen molar-refractivity contribution in [3.8, 4) is 0 Å². The van der Waals surface area contributed by atoms with Crippen molar-refractivity contribution in [2.24, 2.45) is 0 Å². The van der Waals surface area contributed by atoms with Gasteiger partial charge in [-0.1, -0.05) is 19.1 Å². The van der Waals surface area contributed by atoms with Gasteiger partial charge in [-0.15, -0.1) is 0 Å². The molecule has 1 aliphatic heterocycles. The zero-order valence-corrected chi connectivity index (χ0v) is 13.4. The van der Waals surface area contributed by atoms with Crippen LogP contribution in [0.3, 0.4) is 0 Å². The standard InChI is InChI=1S/C17H29N3/c1-5-14(2)19-10-12-20(13-11-19)17-8-6-16(7-9-17)15(3)18-4/h6-9,14-15,18H,5,10-13H2,1-4H3. The van der Waals surface area contributed by atoms with Gasteiger partial charge in [0.05, 0.1) is 0 Å². The first-order chi connectivity index (χ1) is 9.65. The number of piperazine rings is 1. The molecule has 1 saturated heterocycles. The van der Waals surface area contributed by atoms with Gasteiger partial charge in [-0.2, -0.15) is 0 Å². The molecule has 1 heterocycles. The summed E-state index contributed by atoms with van der Waals surface area (Å²) in [6.07, 6.45) is 1.25. The summed E-state index contributed by atoms with van der Waals surface area (Å²) < 4.78 is 0. The van der Waals surface area contributed by atoms with E-state index in [4.69, 9.17) is 0 Å². The summed E-state index contributed by atoms with van der Waals surface area (Å²) in [6.45, 7) is 11.5. The number of benzene rings is 1. The van der Waals surface area contributed by atoms with Gasteiger partial charge in [0.2, 0.25) is 0 Å². The van der Waals surface area contributed by atoms with Crippen LogP contribution in [0.2, 0.25) is 0 Å². The minimum Gasteiger partial charge on any atom is -0.369 e. The van der Waals surface area contributed by atoms with Crippen molar-refractivity contribution < 1.29 is 0 Å². The molecule has 0 saturated carbocycles. The van der Waals surface area contributed by atoms with Crippen molar-refractivity contribution >= 4 is 5.69 Å². The first-order valence-electron chi connectivity index (χ1n) is 7.92. The second kappa shape index (κ2) is 7.09. The Morgan fingerprint density at radius 1 is 1.05 bits per heavy atom. The first-order valence-corrected chi connectivity index (χ1v) is 7.92. The topological polar surface area (TPSA) is 18.5 Å². The summed E-state index contributed by atoms with van der Waals surface area (Å²) in [7, 11) is 2.01. The quantitative estimate of drug-likeness (QED) is 0.891. The Labute approximate surface area is 124 Å². The molecule has 2 unspecified atom stereocenters. The van der Waals surface area contributed by atoms with E-state index < -0.39 is 0 Å². The lowest BCUT2D eigenvalue weighted by Crippen LogP contribution is -2.49. The summed E-state index contributed by atoms with van der Waals surface area (Å²) in [6, 6.07) is 10.2. The minimum atomic E-state index is 0.423. The third-order valence-electron chi connectivity index (χ3n) is 4.72. The highest BCUT2D eigenvalue weighted by Crippen LogP contribution is 2.21. The highest BCUT2D eigenvalue weighted by molar-refractivity contribution is 5.48. The van der Waals surface area contributed by atoms with Crippen LogP contribution in [0.5, 0.6) is 0 Å². The average Bonchev–Trinajstić information content (AvgIpc) is 2.53. The largest absolute Gasteiger partial charge is 0.369 e. The lowest BCUT2D eigenvalue weighted by Gasteiger charge is -2.39. The van der Waals surface area contributed by atoms with Crippen molar-refractivity contribution in [2.45, 2.75) is 39.3 Å². The smallest absolute Gasteiger partial charge is 0.0367 e. The van der Waals surface area contributed by atoms with Gasteiger partial charge in [0.1, 0.15) is 0 Å². The molecule has 1 aromatic rings. The van der Waals surface area contributed by atoms with E-state index in [0.29, 0.717) is 6.04 Å². The Balaban J connectivity index is 1.93. The molecule has 112 valence electrons.